The molecule has 1 aliphatic rings. The number of halogens is 1. The van der Waals surface area contributed by atoms with E-state index in [1.807, 2.05) is 36.4 Å². The minimum atomic E-state index is -3.19. The van der Waals surface area contributed by atoms with Gasteiger partial charge in [0.1, 0.15) is 0 Å². The zero-order valence-electron chi connectivity index (χ0n) is 10.2. The van der Waals surface area contributed by atoms with Gasteiger partial charge in [-0.25, -0.2) is 8.42 Å². The molecular weight excluding hydrogens is 270 g/mol. The Morgan fingerprint density at radius 1 is 1.33 bits per heavy atom. The molecular formula is C13H16ClNO2S. The minimum Gasteiger partial charge on any atom is -0.212 e. The number of nitrogens with zero attached hydrogens (tertiary/aromatic N) is 1. The standard InChI is InChI=1S/C13H16ClNO2S/c1-18(16,17)15-8-7-12(14)10-13(15)9-11-5-3-2-4-6-11/h2-6,10,13H,7-9H2,1H3. The van der Waals surface area contributed by atoms with E-state index in [1.54, 1.807) is 0 Å². The normalized spacial score (nSPS) is 21.7. The molecule has 0 saturated carbocycles. The van der Waals surface area contributed by atoms with Gasteiger partial charge in [-0.1, -0.05) is 48.0 Å². The molecule has 0 radical (unpaired) electrons. The molecule has 0 fully saturated rings. The van der Waals surface area contributed by atoms with Gasteiger partial charge in [0, 0.05) is 17.6 Å². The monoisotopic (exact) mass is 285 g/mol. The van der Waals surface area contributed by atoms with Crippen molar-refractivity contribution in [2.45, 2.75) is 18.9 Å². The Kier molecular flexibility index (Phi) is 4.10. The summed E-state index contributed by atoms with van der Waals surface area (Å²) in [6.45, 7) is 0.464. The highest BCUT2D eigenvalue weighted by atomic mass is 35.5. The van der Waals surface area contributed by atoms with E-state index in [-0.39, 0.29) is 6.04 Å². The molecule has 1 unspecified atom stereocenters. The number of sulfonamides is 1. The molecule has 0 spiro atoms. The van der Waals surface area contributed by atoms with Crippen LogP contribution >= 0.6 is 11.6 Å². The second-order valence-corrected chi connectivity index (χ2v) is 6.91. The van der Waals surface area contributed by atoms with Crippen molar-refractivity contribution >= 4 is 21.6 Å². The van der Waals surface area contributed by atoms with Crippen LogP contribution in [0.4, 0.5) is 0 Å². The van der Waals surface area contributed by atoms with Crippen LogP contribution < -0.4 is 0 Å². The Labute approximate surface area is 113 Å². The van der Waals surface area contributed by atoms with E-state index < -0.39 is 10.0 Å². The fourth-order valence-electron chi connectivity index (χ4n) is 2.19. The van der Waals surface area contributed by atoms with Crippen LogP contribution in [0.5, 0.6) is 0 Å². The largest absolute Gasteiger partial charge is 0.212 e. The molecule has 0 saturated heterocycles. The molecule has 1 aromatic carbocycles. The fourth-order valence-corrected chi connectivity index (χ4v) is 3.47. The van der Waals surface area contributed by atoms with Crippen molar-refractivity contribution in [2.24, 2.45) is 0 Å². The maximum Gasteiger partial charge on any atom is 0.211 e. The average Bonchev–Trinajstić information content (AvgIpc) is 2.28. The van der Waals surface area contributed by atoms with Gasteiger partial charge in [-0.15, -0.1) is 0 Å². The van der Waals surface area contributed by atoms with E-state index in [9.17, 15) is 8.42 Å². The van der Waals surface area contributed by atoms with Crippen LogP contribution in [0.1, 0.15) is 12.0 Å². The summed E-state index contributed by atoms with van der Waals surface area (Å²) in [7, 11) is -3.19. The van der Waals surface area contributed by atoms with Crippen LogP contribution in [0.25, 0.3) is 0 Å². The second kappa shape index (κ2) is 5.43. The van der Waals surface area contributed by atoms with Crippen molar-refractivity contribution in [3.8, 4) is 0 Å². The van der Waals surface area contributed by atoms with Gasteiger partial charge < -0.3 is 0 Å². The van der Waals surface area contributed by atoms with Crippen LogP contribution in [-0.4, -0.2) is 31.6 Å². The van der Waals surface area contributed by atoms with Crippen LogP contribution in [-0.2, 0) is 16.4 Å². The zero-order chi connectivity index (χ0) is 13.2. The summed E-state index contributed by atoms with van der Waals surface area (Å²) in [5.74, 6) is 0. The molecule has 5 heteroatoms. The maximum atomic E-state index is 11.7. The Hall–Kier alpha value is -0.840. The van der Waals surface area contributed by atoms with Crippen LogP contribution in [0, 0.1) is 0 Å². The van der Waals surface area contributed by atoms with Gasteiger partial charge in [-0.3, -0.25) is 0 Å². The fraction of sp³-hybridized carbons (Fsp3) is 0.385. The Morgan fingerprint density at radius 3 is 2.61 bits per heavy atom. The average molecular weight is 286 g/mol. The first kappa shape index (κ1) is 13.6. The third-order valence-electron chi connectivity index (χ3n) is 3.03. The van der Waals surface area contributed by atoms with Crippen molar-refractivity contribution in [1.82, 2.24) is 4.31 Å². The zero-order valence-corrected chi connectivity index (χ0v) is 11.8. The number of benzene rings is 1. The Bertz CT molecular complexity index is 539. The van der Waals surface area contributed by atoms with Gasteiger partial charge in [0.05, 0.1) is 6.26 Å². The summed E-state index contributed by atoms with van der Waals surface area (Å²) < 4.78 is 25.0. The van der Waals surface area contributed by atoms with E-state index in [2.05, 4.69) is 0 Å². The van der Waals surface area contributed by atoms with Crippen molar-refractivity contribution in [1.29, 1.82) is 0 Å². The highest BCUT2D eigenvalue weighted by Gasteiger charge is 2.28. The molecule has 1 heterocycles. The quantitative estimate of drug-likeness (QED) is 0.855. The molecule has 18 heavy (non-hydrogen) atoms. The molecule has 98 valence electrons. The molecule has 0 bridgehead atoms. The molecule has 0 aliphatic carbocycles. The third-order valence-corrected chi connectivity index (χ3v) is 4.65. The van der Waals surface area contributed by atoms with Gasteiger partial charge in [0.2, 0.25) is 10.0 Å². The Balaban J connectivity index is 2.24. The molecule has 1 atom stereocenters. The lowest BCUT2D eigenvalue weighted by molar-refractivity contribution is 0.352. The number of rotatable bonds is 3. The summed E-state index contributed by atoms with van der Waals surface area (Å²) in [5, 5.41) is 0.746. The molecule has 2 rings (SSSR count). The van der Waals surface area contributed by atoms with Crippen molar-refractivity contribution < 1.29 is 8.42 Å². The predicted molar refractivity (Wildman–Crippen MR) is 74.0 cm³/mol. The highest BCUT2D eigenvalue weighted by molar-refractivity contribution is 7.88. The van der Waals surface area contributed by atoms with Gasteiger partial charge in [0.15, 0.2) is 0 Å². The van der Waals surface area contributed by atoms with Gasteiger partial charge in [0.25, 0.3) is 0 Å². The number of hydrogen-bond acceptors (Lipinski definition) is 2. The molecule has 0 aromatic heterocycles. The van der Waals surface area contributed by atoms with Crippen molar-refractivity contribution in [3.05, 3.63) is 47.0 Å². The third kappa shape index (κ3) is 3.34. The van der Waals surface area contributed by atoms with Crippen LogP contribution in [0.15, 0.2) is 41.4 Å². The second-order valence-electron chi connectivity index (χ2n) is 4.49. The summed E-state index contributed by atoms with van der Waals surface area (Å²) in [6, 6.07) is 9.67. The summed E-state index contributed by atoms with van der Waals surface area (Å²) in [4.78, 5) is 0. The van der Waals surface area contributed by atoms with E-state index in [1.165, 1.54) is 10.6 Å². The van der Waals surface area contributed by atoms with Crippen molar-refractivity contribution in [3.63, 3.8) is 0 Å². The molecule has 1 aliphatic heterocycles. The van der Waals surface area contributed by atoms with E-state index in [0.717, 1.165) is 10.6 Å². The first-order valence-corrected chi connectivity index (χ1v) is 8.06. The first-order chi connectivity index (χ1) is 8.47. The van der Waals surface area contributed by atoms with E-state index in [0.29, 0.717) is 19.4 Å². The smallest absolute Gasteiger partial charge is 0.211 e. The van der Waals surface area contributed by atoms with E-state index >= 15 is 0 Å². The van der Waals surface area contributed by atoms with Gasteiger partial charge in [-0.2, -0.15) is 4.31 Å². The summed E-state index contributed by atoms with van der Waals surface area (Å²) in [5.41, 5.74) is 1.11. The highest BCUT2D eigenvalue weighted by Crippen LogP contribution is 2.24. The number of hydrogen-bond donors (Lipinski definition) is 0. The van der Waals surface area contributed by atoms with Crippen molar-refractivity contribution in [2.75, 3.05) is 12.8 Å². The lowest BCUT2D eigenvalue weighted by Gasteiger charge is -2.31. The van der Waals surface area contributed by atoms with Gasteiger partial charge in [-0.05, 0) is 18.4 Å². The predicted octanol–water partition coefficient (Wildman–Crippen LogP) is 2.39. The Morgan fingerprint density at radius 2 is 2.00 bits per heavy atom. The maximum absolute atomic E-state index is 11.7. The van der Waals surface area contributed by atoms with Crippen LogP contribution in [0.2, 0.25) is 0 Å². The minimum absolute atomic E-state index is 0.177. The molecule has 0 amide bonds. The van der Waals surface area contributed by atoms with Crippen LogP contribution in [0.3, 0.4) is 0 Å². The van der Waals surface area contributed by atoms with Gasteiger partial charge >= 0.3 is 0 Å². The molecule has 1 aromatic rings. The molecule has 0 N–H and O–H groups in total. The van der Waals surface area contributed by atoms with E-state index in [4.69, 9.17) is 11.6 Å². The lowest BCUT2D eigenvalue weighted by atomic mass is 10.0. The molecule has 3 nitrogen and oxygen atoms in total. The SMILES string of the molecule is CS(=O)(=O)N1CCC(Cl)=CC1Cc1ccccc1. The lowest BCUT2D eigenvalue weighted by Crippen LogP contribution is -2.42. The first-order valence-electron chi connectivity index (χ1n) is 5.84. The summed E-state index contributed by atoms with van der Waals surface area (Å²) >= 11 is 6.03. The topological polar surface area (TPSA) is 37.4 Å². The summed E-state index contributed by atoms with van der Waals surface area (Å²) in [6.07, 6.45) is 4.35.